The van der Waals surface area contributed by atoms with Gasteiger partial charge in [-0.3, -0.25) is 19.4 Å². The maximum Gasteiger partial charge on any atom is 0.272 e. The van der Waals surface area contributed by atoms with Gasteiger partial charge in [-0.15, -0.1) is 0 Å². The molecule has 0 saturated heterocycles. The van der Waals surface area contributed by atoms with E-state index < -0.39 is 23.9 Å². The number of ether oxygens (including phenoxy) is 1. The highest BCUT2D eigenvalue weighted by Crippen LogP contribution is 2.12. The van der Waals surface area contributed by atoms with Crippen LogP contribution in [0.4, 0.5) is 0 Å². The first kappa shape index (κ1) is 27.3. The molecule has 0 saturated carbocycles. The van der Waals surface area contributed by atoms with Crippen LogP contribution in [0.5, 0.6) is 5.75 Å². The van der Waals surface area contributed by atoms with Gasteiger partial charge in [0.25, 0.3) is 5.91 Å². The van der Waals surface area contributed by atoms with Crippen LogP contribution in [0.2, 0.25) is 0 Å². The third kappa shape index (κ3) is 8.71. The Bertz CT molecular complexity index is 1150. The van der Waals surface area contributed by atoms with E-state index >= 15 is 0 Å². The van der Waals surface area contributed by atoms with Crippen molar-refractivity contribution in [3.8, 4) is 5.75 Å². The highest BCUT2D eigenvalue weighted by Gasteiger charge is 2.28. The summed E-state index contributed by atoms with van der Waals surface area (Å²) in [7, 11) is 1.59. The molecule has 3 aromatic rings. The zero-order valence-electron chi connectivity index (χ0n) is 21.3. The first-order valence-electron chi connectivity index (χ1n) is 12.2. The van der Waals surface area contributed by atoms with Gasteiger partial charge in [0.2, 0.25) is 11.8 Å². The van der Waals surface area contributed by atoms with Crippen LogP contribution in [-0.2, 0) is 22.6 Å². The summed E-state index contributed by atoms with van der Waals surface area (Å²) in [5.74, 6) is -0.386. The number of benzene rings is 2. The van der Waals surface area contributed by atoms with Crippen molar-refractivity contribution < 1.29 is 19.1 Å². The Morgan fingerprint density at radius 2 is 1.59 bits per heavy atom. The van der Waals surface area contributed by atoms with Gasteiger partial charge in [-0.2, -0.15) is 0 Å². The molecule has 0 radical (unpaired) electrons. The van der Waals surface area contributed by atoms with E-state index in [1.165, 1.54) is 18.6 Å². The number of nitrogens with one attached hydrogen (secondary N) is 3. The van der Waals surface area contributed by atoms with Crippen molar-refractivity contribution >= 4 is 17.7 Å². The van der Waals surface area contributed by atoms with Gasteiger partial charge in [0.15, 0.2) is 0 Å². The standard InChI is InChI=1S/C28H33N5O4/c1-19(2)15-23(26(34)31-17-21-9-11-22(37-3)12-10-21)32-27(35)24(16-20-7-5-4-6-8-20)33-28(36)25-18-29-13-14-30-25/h4-14,18-19,23-24H,15-17H2,1-3H3,(H,31,34)(H,32,35)(H,33,36). The number of amides is 3. The molecule has 37 heavy (non-hydrogen) atoms. The predicted molar refractivity (Wildman–Crippen MR) is 140 cm³/mol. The minimum Gasteiger partial charge on any atom is -0.497 e. The molecule has 0 fully saturated rings. The predicted octanol–water partition coefficient (Wildman–Crippen LogP) is 2.67. The molecule has 3 N–H and O–H groups in total. The van der Waals surface area contributed by atoms with E-state index in [9.17, 15) is 14.4 Å². The second kappa shape index (κ2) is 13.7. The van der Waals surface area contributed by atoms with Crippen LogP contribution in [-0.4, -0.2) is 46.9 Å². The van der Waals surface area contributed by atoms with Crippen LogP contribution in [0, 0.1) is 5.92 Å². The Hall–Kier alpha value is -4.27. The fourth-order valence-corrected chi connectivity index (χ4v) is 3.74. The normalized spacial score (nSPS) is 12.3. The number of carbonyl (C=O) groups excluding carboxylic acids is 3. The molecule has 3 amide bonds. The Labute approximate surface area is 217 Å². The van der Waals surface area contributed by atoms with Crippen molar-refractivity contribution in [3.05, 3.63) is 90.0 Å². The second-order valence-corrected chi connectivity index (χ2v) is 9.06. The minimum absolute atomic E-state index is 0.101. The number of hydrogen-bond donors (Lipinski definition) is 3. The van der Waals surface area contributed by atoms with Gasteiger partial charge in [-0.05, 0) is 35.6 Å². The lowest BCUT2D eigenvalue weighted by Gasteiger charge is -2.24. The molecule has 2 atom stereocenters. The average Bonchev–Trinajstić information content (AvgIpc) is 2.92. The van der Waals surface area contributed by atoms with Crippen molar-refractivity contribution in [1.82, 2.24) is 25.9 Å². The van der Waals surface area contributed by atoms with Crippen LogP contribution < -0.4 is 20.7 Å². The second-order valence-electron chi connectivity index (χ2n) is 9.06. The van der Waals surface area contributed by atoms with Gasteiger partial charge in [0, 0.05) is 25.4 Å². The molecule has 9 nitrogen and oxygen atoms in total. The van der Waals surface area contributed by atoms with Crippen LogP contribution in [0.1, 0.15) is 41.9 Å². The molecule has 0 spiro atoms. The lowest BCUT2D eigenvalue weighted by Crippen LogP contribution is -2.54. The Morgan fingerprint density at radius 3 is 2.22 bits per heavy atom. The number of methoxy groups -OCH3 is 1. The fourth-order valence-electron chi connectivity index (χ4n) is 3.74. The molecule has 9 heteroatoms. The molecular formula is C28H33N5O4. The highest BCUT2D eigenvalue weighted by molar-refractivity contribution is 5.97. The Morgan fingerprint density at radius 1 is 0.865 bits per heavy atom. The molecule has 0 aliphatic rings. The highest BCUT2D eigenvalue weighted by atomic mass is 16.5. The summed E-state index contributed by atoms with van der Waals surface area (Å²) in [6, 6.07) is 15.1. The first-order valence-corrected chi connectivity index (χ1v) is 12.2. The third-order valence-corrected chi connectivity index (χ3v) is 5.67. The number of aromatic nitrogens is 2. The lowest BCUT2D eigenvalue weighted by atomic mass is 10.0. The maximum absolute atomic E-state index is 13.4. The van der Waals surface area contributed by atoms with E-state index in [4.69, 9.17) is 4.74 Å². The molecule has 194 valence electrons. The maximum atomic E-state index is 13.4. The summed E-state index contributed by atoms with van der Waals surface area (Å²) in [4.78, 5) is 47.2. The van der Waals surface area contributed by atoms with Gasteiger partial charge in [-0.25, -0.2) is 4.98 Å². The van der Waals surface area contributed by atoms with E-state index in [1.54, 1.807) is 7.11 Å². The fraction of sp³-hybridized carbons (Fsp3) is 0.321. The first-order chi connectivity index (χ1) is 17.9. The van der Waals surface area contributed by atoms with E-state index in [0.29, 0.717) is 13.0 Å². The summed E-state index contributed by atoms with van der Waals surface area (Å²) in [6.45, 7) is 4.27. The topological polar surface area (TPSA) is 122 Å². The number of carbonyl (C=O) groups is 3. The van der Waals surface area contributed by atoms with E-state index in [1.807, 2.05) is 68.4 Å². The number of nitrogens with zero attached hydrogens (tertiary/aromatic N) is 2. The quantitative estimate of drug-likeness (QED) is 0.349. The van der Waals surface area contributed by atoms with E-state index in [2.05, 4.69) is 25.9 Å². The van der Waals surface area contributed by atoms with Crippen molar-refractivity contribution in [1.29, 1.82) is 0 Å². The van der Waals surface area contributed by atoms with Gasteiger partial charge < -0.3 is 20.7 Å². The zero-order valence-corrected chi connectivity index (χ0v) is 21.3. The Kier molecular flexibility index (Phi) is 10.1. The largest absolute Gasteiger partial charge is 0.497 e. The van der Waals surface area contributed by atoms with Gasteiger partial charge in [0.05, 0.1) is 13.3 Å². The van der Waals surface area contributed by atoms with Crippen molar-refractivity contribution in [3.63, 3.8) is 0 Å². The monoisotopic (exact) mass is 503 g/mol. The molecule has 0 aliphatic heterocycles. The summed E-state index contributed by atoms with van der Waals surface area (Å²) >= 11 is 0. The Balaban J connectivity index is 1.72. The number of rotatable bonds is 12. The van der Waals surface area contributed by atoms with Crippen LogP contribution >= 0.6 is 0 Å². The average molecular weight is 504 g/mol. The smallest absolute Gasteiger partial charge is 0.272 e. The summed E-state index contributed by atoms with van der Waals surface area (Å²) in [5.41, 5.74) is 1.87. The van der Waals surface area contributed by atoms with Crippen molar-refractivity contribution in [2.24, 2.45) is 5.92 Å². The molecule has 0 aliphatic carbocycles. The van der Waals surface area contributed by atoms with E-state index in [-0.39, 0.29) is 23.9 Å². The van der Waals surface area contributed by atoms with Crippen LogP contribution in [0.25, 0.3) is 0 Å². The molecule has 3 rings (SSSR count). The van der Waals surface area contributed by atoms with Crippen molar-refractivity contribution in [2.75, 3.05) is 7.11 Å². The van der Waals surface area contributed by atoms with Gasteiger partial charge in [0.1, 0.15) is 23.5 Å². The van der Waals surface area contributed by atoms with Crippen LogP contribution in [0.15, 0.2) is 73.2 Å². The third-order valence-electron chi connectivity index (χ3n) is 5.67. The molecule has 2 aromatic carbocycles. The number of hydrogen-bond acceptors (Lipinski definition) is 6. The molecule has 2 unspecified atom stereocenters. The van der Waals surface area contributed by atoms with Crippen molar-refractivity contribution in [2.45, 2.75) is 45.3 Å². The molecule has 1 aromatic heterocycles. The lowest BCUT2D eigenvalue weighted by molar-refractivity contribution is -0.130. The SMILES string of the molecule is COc1ccc(CNC(=O)C(CC(C)C)NC(=O)C(Cc2ccccc2)NC(=O)c2cnccn2)cc1. The van der Waals surface area contributed by atoms with Gasteiger partial charge in [-0.1, -0.05) is 56.3 Å². The zero-order chi connectivity index (χ0) is 26.6. The molecular weight excluding hydrogens is 470 g/mol. The summed E-state index contributed by atoms with van der Waals surface area (Å²) in [5, 5.41) is 8.51. The molecule has 1 heterocycles. The van der Waals surface area contributed by atoms with E-state index in [0.717, 1.165) is 16.9 Å². The minimum atomic E-state index is -0.916. The molecule has 0 bridgehead atoms. The van der Waals surface area contributed by atoms with Crippen LogP contribution in [0.3, 0.4) is 0 Å². The summed E-state index contributed by atoms with van der Waals surface area (Å²) < 4.78 is 5.17. The van der Waals surface area contributed by atoms with Gasteiger partial charge >= 0.3 is 0 Å². The summed E-state index contributed by atoms with van der Waals surface area (Å²) in [6.07, 6.45) is 4.90.